The maximum atomic E-state index is 13.0. The molecule has 1 N–H and O–H groups in total. The minimum atomic E-state index is -0.435. The van der Waals surface area contributed by atoms with Crippen LogP contribution in [0.25, 0.3) is 0 Å². The molecule has 3 fully saturated rings. The molecular formula is C26H35N3O4. The Morgan fingerprint density at radius 1 is 1.12 bits per heavy atom. The van der Waals surface area contributed by atoms with Gasteiger partial charge in [0.05, 0.1) is 6.10 Å². The first-order valence-electron chi connectivity index (χ1n) is 12.5. The minimum absolute atomic E-state index is 0.0703. The van der Waals surface area contributed by atoms with E-state index in [-0.39, 0.29) is 17.9 Å². The van der Waals surface area contributed by atoms with Crippen LogP contribution in [0.5, 0.6) is 5.75 Å². The van der Waals surface area contributed by atoms with E-state index in [4.69, 9.17) is 9.47 Å². The summed E-state index contributed by atoms with van der Waals surface area (Å²) in [4.78, 5) is 29.7. The van der Waals surface area contributed by atoms with E-state index in [0.717, 1.165) is 49.5 Å². The number of benzene rings is 1. The van der Waals surface area contributed by atoms with E-state index < -0.39 is 6.04 Å². The second-order valence-electron chi connectivity index (χ2n) is 9.79. The molecule has 33 heavy (non-hydrogen) atoms. The molecule has 0 bridgehead atoms. The van der Waals surface area contributed by atoms with Gasteiger partial charge in [-0.15, -0.1) is 0 Å². The van der Waals surface area contributed by atoms with Gasteiger partial charge in [0.2, 0.25) is 5.91 Å². The largest absolute Gasteiger partial charge is 0.489 e. The van der Waals surface area contributed by atoms with Crippen molar-refractivity contribution in [3.63, 3.8) is 0 Å². The average molecular weight is 454 g/mol. The van der Waals surface area contributed by atoms with Crippen LogP contribution in [0, 0.1) is 0 Å². The summed E-state index contributed by atoms with van der Waals surface area (Å²) >= 11 is 0. The maximum absolute atomic E-state index is 13.0. The molecule has 178 valence electrons. The van der Waals surface area contributed by atoms with Crippen LogP contribution in [0.2, 0.25) is 0 Å². The highest BCUT2D eigenvalue weighted by molar-refractivity contribution is 6.01. The van der Waals surface area contributed by atoms with Gasteiger partial charge in [-0.3, -0.25) is 14.5 Å². The molecule has 0 aromatic heterocycles. The van der Waals surface area contributed by atoms with Gasteiger partial charge in [0.1, 0.15) is 17.9 Å². The zero-order chi connectivity index (χ0) is 22.9. The number of likely N-dealkylation sites (tertiary alicyclic amines) is 1. The van der Waals surface area contributed by atoms with Crippen molar-refractivity contribution in [3.05, 3.63) is 41.6 Å². The highest BCUT2D eigenvalue weighted by Crippen LogP contribution is 2.34. The monoisotopic (exact) mass is 453 g/mol. The average Bonchev–Trinajstić information content (AvgIpc) is 2.92. The Kier molecular flexibility index (Phi) is 6.43. The summed E-state index contributed by atoms with van der Waals surface area (Å²) in [6, 6.07) is 5.77. The molecule has 4 aliphatic rings. The second-order valence-corrected chi connectivity index (χ2v) is 9.79. The van der Waals surface area contributed by atoms with E-state index in [1.54, 1.807) is 4.90 Å². The Balaban J connectivity index is 1.27. The van der Waals surface area contributed by atoms with E-state index in [0.29, 0.717) is 37.1 Å². The maximum Gasteiger partial charge on any atom is 0.255 e. The lowest BCUT2D eigenvalue weighted by atomic mass is 9.98. The van der Waals surface area contributed by atoms with Gasteiger partial charge >= 0.3 is 0 Å². The third-order valence-corrected chi connectivity index (χ3v) is 7.56. The zero-order valence-corrected chi connectivity index (χ0v) is 19.6. The van der Waals surface area contributed by atoms with Crippen molar-refractivity contribution >= 4 is 11.8 Å². The number of carbonyl (C=O) groups is 2. The molecule has 1 aromatic carbocycles. The van der Waals surface area contributed by atoms with Gasteiger partial charge in [-0.1, -0.05) is 19.4 Å². The molecule has 2 saturated heterocycles. The number of nitrogens with zero attached hydrogens (tertiary/aromatic N) is 2. The van der Waals surface area contributed by atoms with Crippen molar-refractivity contribution in [2.75, 3.05) is 19.7 Å². The first kappa shape index (κ1) is 22.4. The fourth-order valence-electron chi connectivity index (χ4n) is 5.77. The molecule has 5 rings (SSSR count). The predicted molar refractivity (Wildman–Crippen MR) is 125 cm³/mol. The molecular weight excluding hydrogens is 418 g/mol. The zero-order valence-electron chi connectivity index (χ0n) is 19.6. The van der Waals surface area contributed by atoms with Crippen LogP contribution in [0.3, 0.4) is 0 Å². The van der Waals surface area contributed by atoms with Gasteiger partial charge in [-0.2, -0.15) is 0 Å². The molecule has 1 saturated carbocycles. The van der Waals surface area contributed by atoms with E-state index in [2.05, 4.69) is 23.7 Å². The SMILES string of the molecule is C=C1CCC(N2Cc3cc(O[C@H]4CCCCC[C@H]4N4CC(OCC)C4)ccc3C2=O)C(=O)N1. The molecule has 0 spiro atoms. The van der Waals surface area contributed by atoms with Crippen LogP contribution in [0.1, 0.15) is 67.8 Å². The first-order chi connectivity index (χ1) is 16.0. The highest BCUT2D eigenvalue weighted by Gasteiger charge is 2.40. The Morgan fingerprint density at radius 3 is 2.73 bits per heavy atom. The van der Waals surface area contributed by atoms with E-state index in [1.165, 1.54) is 19.3 Å². The third-order valence-electron chi connectivity index (χ3n) is 7.56. The lowest BCUT2D eigenvalue weighted by molar-refractivity contribution is -0.126. The Bertz CT molecular complexity index is 926. The fraction of sp³-hybridized carbons (Fsp3) is 0.615. The molecule has 3 heterocycles. The molecule has 2 amide bonds. The summed E-state index contributed by atoms with van der Waals surface area (Å²) < 4.78 is 12.3. The van der Waals surface area contributed by atoms with Gasteiger partial charge < -0.3 is 19.7 Å². The second kappa shape index (κ2) is 9.47. The van der Waals surface area contributed by atoms with Crippen LogP contribution in [-0.4, -0.2) is 65.6 Å². The van der Waals surface area contributed by atoms with Crippen molar-refractivity contribution < 1.29 is 19.1 Å². The summed E-state index contributed by atoms with van der Waals surface area (Å²) in [5, 5.41) is 2.80. The van der Waals surface area contributed by atoms with Gasteiger partial charge in [0.15, 0.2) is 0 Å². The topological polar surface area (TPSA) is 71.1 Å². The summed E-state index contributed by atoms with van der Waals surface area (Å²) in [7, 11) is 0. The molecule has 0 radical (unpaired) electrons. The molecule has 7 heteroatoms. The third kappa shape index (κ3) is 4.53. The Hall–Kier alpha value is -2.38. The van der Waals surface area contributed by atoms with Gasteiger partial charge in [-0.25, -0.2) is 0 Å². The predicted octanol–water partition coefficient (Wildman–Crippen LogP) is 3.24. The quantitative estimate of drug-likeness (QED) is 0.670. The fourth-order valence-corrected chi connectivity index (χ4v) is 5.77. The van der Waals surface area contributed by atoms with E-state index in [1.807, 2.05) is 18.2 Å². The number of amides is 2. The smallest absolute Gasteiger partial charge is 0.255 e. The number of ether oxygens (including phenoxy) is 2. The van der Waals surface area contributed by atoms with E-state index >= 15 is 0 Å². The van der Waals surface area contributed by atoms with Gasteiger partial charge in [-0.05, 0) is 62.8 Å². The standard InChI is InChI=1S/C26H35N3O4/c1-3-32-20-15-28(16-20)22-7-5-4-6-8-24(22)33-19-10-11-21-18(13-19)14-29(26(21)31)23-12-9-17(2)27-25(23)30/h10-11,13,20,22-24H,2-9,12,14-16H2,1H3,(H,27,30)/t22-,23?,24+/m1/s1. The van der Waals surface area contributed by atoms with E-state index in [9.17, 15) is 9.59 Å². The molecule has 7 nitrogen and oxygen atoms in total. The van der Waals surface area contributed by atoms with Gasteiger partial charge in [0, 0.05) is 43.5 Å². The molecule has 1 aromatic rings. The van der Waals surface area contributed by atoms with Crippen molar-refractivity contribution in [2.45, 2.75) is 82.7 Å². The van der Waals surface area contributed by atoms with Crippen LogP contribution in [-0.2, 0) is 16.1 Å². The number of hydrogen-bond acceptors (Lipinski definition) is 5. The van der Waals surface area contributed by atoms with Crippen molar-refractivity contribution in [3.8, 4) is 5.75 Å². The lowest BCUT2D eigenvalue weighted by Gasteiger charge is -2.46. The summed E-state index contributed by atoms with van der Waals surface area (Å²) in [5.41, 5.74) is 2.35. The molecule has 3 atom stereocenters. The van der Waals surface area contributed by atoms with Crippen LogP contribution in [0.4, 0.5) is 0 Å². The number of allylic oxidation sites excluding steroid dienone is 1. The number of hydrogen-bond donors (Lipinski definition) is 1. The minimum Gasteiger partial charge on any atom is -0.489 e. The number of piperidine rings is 1. The Morgan fingerprint density at radius 2 is 1.94 bits per heavy atom. The van der Waals surface area contributed by atoms with Crippen LogP contribution in [0.15, 0.2) is 30.5 Å². The first-order valence-corrected chi connectivity index (χ1v) is 12.5. The summed E-state index contributed by atoms with van der Waals surface area (Å²) in [5.74, 6) is 0.618. The van der Waals surface area contributed by atoms with Crippen molar-refractivity contribution in [1.29, 1.82) is 0 Å². The van der Waals surface area contributed by atoms with Crippen LogP contribution >= 0.6 is 0 Å². The number of nitrogens with one attached hydrogen (secondary N) is 1. The number of rotatable bonds is 6. The summed E-state index contributed by atoms with van der Waals surface area (Å²) in [6.45, 7) is 9.09. The molecule has 1 unspecified atom stereocenters. The molecule has 1 aliphatic carbocycles. The normalized spacial score (nSPS) is 28.8. The number of fused-ring (bicyclic) bond motifs is 1. The van der Waals surface area contributed by atoms with Gasteiger partial charge in [0.25, 0.3) is 5.91 Å². The summed E-state index contributed by atoms with van der Waals surface area (Å²) in [6.07, 6.45) is 7.71. The number of carbonyl (C=O) groups excluding carboxylic acids is 2. The van der Waals surface area contributed by atoms with Crippen molar-refractivity contribution in [1.82, 2.24) is 15.1 Å². The van der Waals surface area contributed by atoms with Crippen LogP contribution < -0.4 is 10.1 Å². The lowest BCUT2D eigenvalue weighted by Crippen LogP contribution is -2.60. The Labute approximate surface area is 196 Å². The highest BCUT2D eigenvalue weighted by atomic mass is 16.5. The van der Waals surface area contributed by atoms with Crippen molar-refractivity contribution in [2.24, 2.45) is 0 Å². The molecule has 3 aliphatic heterocycles.